The molecule has 1 rings (SSSR count). The minimum atomic E-state index is -1.78. The van der Waals surface area contributed by atoms with E-state index in [0.29, 0.717) is 0 Å². The average Bonchev–Trinajstić information content (AvgIpc) is 2.60. The van der Waals surface area contributed by atoms with Gasteiger partial charge >= 0.3 is 23.9 Å². The topological polar surface area (TPSA) is 127 Å². The maximum Gasteiger partial charge on any atom is 0.330 e. The lowest BCUT2D eigenvalue weighted by Crippen LogP contribution is -2.47. The van der Waals surface area contributed by atoms with Crippen LogP contribution in [-0.4, -0.2) is 46.3 Å². The van der Waals surface area contributed by atoms with Gasteiger partial charge in [-0.05, 0) is 13.8 Å². The van der Waals surface area contributed by atoms with Gasteiger partial charge in [0.25, 0.3) is 0 Å². The highest BCUT2D eigenvalue weighted by atomic mass is 16.5. The molecular weight excluding hydrogens is 344 g/mol. The quantitative estimate of drug-likeness (QED) is 0.377. The van der Waals surface area contributed by atoms with Crippen LogP contribution in [0.2, 0.25) is 0 Å². The molecule has 0 heterocycles. The maximum absolute atomic E-state index is 11.8. The van der Waals surface area contributed by atoms with E-state index < -0.39 is 46.9 Å². The largest absolute Gasteiger partial charge is 0.480 e. The second-order valence-corrected chi connectivity index (χ2v) is 5.71. The predicted octanol–water partition coefficient (Wildman–Crippen LogP) is 1.49. The fourth-order valence-corrected chi connectivity index (χ4v) is 2.48. The number of carbonyl (C=O) groups is 4. The summed E-state index contributed by atoms with van der Waals surface area (Å²) in [6, 6.07) is 0. The predicted molar refractivity (Wildman–Crippen MR) is 89.9 cm³/mol. The van der Waals surface area contributed by atoms with Crippen LogP contribution in [-0.2, 0) is 28.7 Å². The van der Waals surface area contributed by atoms with E-state index in [-0.39, 0.29) is 0 Å². The minimum absolute atomic E-state index is 0.816. The summed E-state index contributed by atoms with van der Waals surface area (Å²) in [7, 11) is 0. The van der Waals surface area contributed by atoms with Gasteiger partial charge in [0.1, 0.15) is 23.0 Å². The molecule has 0 saturated carbocycles. The van der Waals surface area contributed by atoms with Crippen molar-refractivity contribution in [3.05, 3.63) is 49.6 Å². The third-order valence-electron chi connectivity index (χ3n) is 4.28. The molecule has 2 atom stereocenters. The van der Waals surface area contributed by atoms with Gasteiger partial charge in [-0.15, -0.1) is 0 Å². The van der Waals surface area contributed by atoms with Crippen LogP contribution >= 0.6 is 0 Å². The van der Waals surface area contributed by atoms with E-state index in [0.717, 1.165) is 36.5 Å². The van der Waals surface area contributed by atoms with Crippen LogP contribution in [0, 0.1) is 10.8 Å². The fourth-order valence-electron chi connectivity index (χ4n) is 2.48. The SMILES string of the molecule is C=CC(=O)OC(C)C1(C(=O)O)C=CC(C(=O)O)(C(C)OC(=O)C=C)C=C1. The van der Waals surface area contributed by atoms with Gasteiger partial charge in [0, 0.05) is 12.2 Å². The first-order valence-electron chi connectivity index (χ1n) is 7.59. The van der Waals surface area contributed by atoms with Gasteiger partial charge in [-0.25, -0.2) is 9.59 Å². The lowest BCUT2D eigenvalue weighted by atomic mass is 9.70. The van der Waals surface area contributed by atoms with Crippen molar-refractivity contribution in [1.29, 1.82) is 0 Å². The average molecular weight is 364 g/mol. The van der Waals surface area contributed by atoms with Crippen LogP contribution in [0.5, 0.6) is 0 Å². The van der Waals surface area contributed by atoms with Gasteiger partial charge in [-0.3, -0.25) is 9.59 Å². The number of aliphatic carboxylic acids is 2. The number of rotatable bonds is 8. The Kier molecular flexibility index (Phi) is 6.28. The van der Waals surface area contributed by atoms with Crippen molar-refractivity contribution in [2.45, 2.75) is 26.1 Å². The minimum Gasteiger partial charge on any atom is -0.480 e. The van der Waals surface area contributed by atoms with Crippen molar-refractivity contribution in [2.75, 3.05) is 0 Å². The van der Waals surface area contributed by atoms with Crippen molar-refractivity contribution < 1.29 is 38.9 Å². The van der Waals surface area contributed by atoms with Gasteiger partial charge in [-0.2, -0.15) is 0 Å². The fraction of sp³-hybridized carbons (Fsp3) is 0.333. The molecular formula is C18H20O8. The number of carboxylic acid groups (broad SMARTS) is 2. The highest BCUT2D eigenvalue weighted by Gasteiger charge is 2.50. The monoisotopic (exact) mass is 364 g/mol. The molecule has 0 aromatic rings. The van der Waals surface area contributed by atoms with Crippen LogP contribution in [0.4, 0.5) is 0 Å². The molecule has 0 aromatic carbocycles. The molecule has 0 amide bonds. The van der Waals surface area contributed by atoms with Crippen molar-refractivity contribution in [3.63, 3.8) is 0 Å². The van der Waals surface area contributed by atoms with E-state index in [1.165, 1.54) is 13.8 Å². The Morgan fingerprint density at radius 3 is 1.27 bits per heavy atom. The number of hydrogen-bond acceptors (Lipinski definition) is 6. The number of hydrogen-bond donors (Lipinski definition) is 2. The lowest BCUT2D eigenvalue weighted by molar-refractivity contribution is -0.161. The van der Waals surface area contributed by atoms with E-state index >= 15 is 0 Å². The number of carboxylic acids is 2. The van der Waals surface area contributed by atoms with Crippen LogP contribution in [0.15, 0.2) is 49.6 Å². The molecule has 8 nitrogen and oxygen atoms in total. The molecule has 140 valence electrons. The second kappa shape index (κ2) is 7.81. The van der Waals surface area contributed by atoms with Crippen molar-refractivity contribution in [1.82, 2.24) is 0 Å². The lowest BCUT2D eigenvalue weighted by Gasteiger charge is -2.37. The van der Waals surface area contributed by atoms with Crippen molar-refractivity contribution >= 4 is 23.9 Å². The summed E-state index contributed by atoms with van der Waals surface area (Å²) in [5.41, 5.74) is -3.56. The zero-order chi connectivity index (χ0) is 20.1. The summed E-state index contributed by atoms with van der Waals surface area (Å²) in [6.45, 7) is 9.20. The van der Waals surface area contributed by atoms with Crippen molar-refractivity contribution in [2.24, 2.45) is 10.8 Å². The molecule has 0 bridgehead atoms. The Bertz CT molecular complexity index is 628. The summed E-state index contributed by atoms with van der Waals surface area (Å²) in [5.74, 6) is -4.32. The molecule has 0 radical (unpaired) electrons. The van der Waals surface area contributed by atoms with E-state index in [4.69, 9.17) is 9.47 Å². The Labute approximate surface area is 150 Å². The second-order valence-electron chi connectivity index (χ2n) is 5.71. The Balaban J connectivity index is 3.29. The molecule has 8 heteroatoms. The number of carbonyl (C=O) groups excluding carboxylic acids is 2. The summed E-state index contributed by atoms with van der Waals surface area (Å²) in [6.07, 6.45) is 3.95. The number of esters is 2. The summed E-state index contributed by atoms with van der Waals surface area (Å²) >= 11 is 0. The third-order valence-corrected chi connectivity index (χ3v) is 4.28. The van der Waals surface area contributed by atoms with Gasteiger partial charge in [0.15, 0.2) is 0 Å². The zero-order valence-corrected chi connectivity index (χ0v) is 14.4. The van der Waals surface area contributed by atoms with E-state index in [2.05, 4.69) is 13.2 Å². The normalized spacial score (nSPS) is 26.2. The van der Waals surface area contributed by atoms with E-state index in [1.807, 2.05) is 0 Å². The molecule has 1 aliphatic rings. The number of ether oxygens (including phenoxy) is 2. The highest BCUT2D eigenvalue weighted by molar-refractivity contribution is 5.88. The Morgan fingerprint density at radius 1 is 0.808 bits per heavy atom. The van der Waals surface area contributed by atoms with Crippen LogP contribution in [0.25, 0.3) is 0 Å². The smallest absolute Gasteiger partial charge is 0.330 e. The molecule has 2 N–H and O–H groups in total. The summed E-state index contributed by atoms with van der Waals surface area (Å²) in [5, 5.41) is 19.2. The third kappa shape index (κ3) is 3.74. The van der Waals surface area contributed by atoms with Gasteiger partial charge < -0.3 is 19.7 Å². The summed E-state index contributed by atoms with van der Waals surface area (Å²) < 4.78 is 9.98. The highest BCUT2D eigenvalue weighted by Crippen LogP contribution is 2.40. The molecule has 0 saturated heterocycles. The molecule has 0 aromatic heterocycles. The van der Waals surface area contributed by atoms with E-state index in [1.54, 1.807) is 0 Å². The Hall–Kier alpha value is -3.16. The first kappa shape index (κ1) is 20.9. The van der Waals surface area contributed by atoms with Crippen LogP contribution < -0.4 is 0 Å². The Morgan fingerprint density at radius 2 is 1.08 bits per heavy atom. The zero-order valence-electron chi connectivity index (χ0n) is 14.4. The first-order chi connectivity index (χ1) is 12.1. The summed E-state index contributed by atoms with van der Waals surface area (Å²) in [4.78, 5) is 46.4. The van der Waals surface area contributed by atoms with Gasteiger partial charge in [-0.1, -0.05) is 37.5 Å². The molecule has 0 fully saturated rings. The van der Waals surface area contributed by atoms with Gasteiger partial charge in [0.05, 0.1) is 0 Å². The molecule has 0 aliphatic heterocycles. The van der Waals surface area contributed by atoms with Gasteiger partial charge in [0.2, 0.25) is 0 Å². The molecule has 26 heavy (non-hydrogen) atoms. The molecule has 0 spiro atoms. The van der Waals surface area contributed by atoms with Crippen LogP contribution in [0.3, 0.4) is 0 Å². The maximum atomic E-state index is 11.8. The van der Waals surface area contributed by atoms with E-state index in [9.17, 15) is 29.4 Å². The molecule has 2 unspecified atom stereocenters. The van der Waals surface area contributed by atoms with Crippen molar-refractivity contribution in [3.8, 4) is 0 Å². The first-order valence-corrected chi connectivity index (χ1v) is 7.59. The standard InChI is InChI=1S/C18H20O8/c1-5-13(19)25-11(3)17(15(21)22)7-9-18(10-8-17,16(23)24)12(4)26-14(20)6-2/h5-12H,1-2H2,3-4H3,(H,21,22)(H,23,24). The van der Waals surface area contributed by atoms with Crippen LogP contribution in [0.1, 0.15) is 13.8 Å². The molecule has 1 aliphatic carbocycles.